The van der Waals surface area contributed by atoms with E-state index in [1.54, 1.807) is 26.8 Å². The summed E-state index contributed by atoms with van der Waals surface area (Å²) in [5.41, 5.74) is -0.545. The van der Waals surface area contributed by atoms with Crippen molar-refractivity contribution < 1.29 is 24.2 Å². The second kappa shape index (κ2) is 7.33. The lowest BCUT2D eigenvalue weighted by molar-refractivity contribution is -0.148. The average molecular weight is 255 g/mol. The Morgan fingerprint density at radius 3 is 2.28 bits per heavy atom. The molecule has 0 fully saturated rings. The van der Waals surface area contributed by atoms with Crippen LogP contribution >= 0.6 is 0 Å². The second-order valence-electron chi connectivity index (χ2n) is 3.87. The number of hydrogen-bond acceptors (Lipinski definition) is 6. The van der Waals surface area contributed by atoms with Crippen molar-refractivity contribution >= 4 is 11.9 Å². The van der Waals surface area contributed by atoms with Crippen LogP contribution in [0.15, 0.2) is 11.3 Å². The molecule has 100 valence electrons. The quantitative estimate of drug-likeness (QED) is 0.346. The van der Waals surface area contributed by atoms with Gasteiger partial charge in [-0.15, -0.1) is 0 Å². The average Bonchev–Trinajstić information content (AvgIpc) is 2.26. The highest BCUT2D eigenvalue weighted by Gasteiger charge is 2.28. The zero-order valence-electron chi connectivity index (χ0n) is 10.9. The van der Waals surface area contributed by atoms with E-state index in [-0.39, 0.29) is 12.5 Å². The Bertz CT molecular complexity index is 392. The molecule has 0 radical (unpaired) electrons. The number of carbonyl (C=O) groups is 2. The van der Waals surface area contributed by atoms with Gasteiger partial charge in [0.1, 0.15) is 6.07 Å². The number of esters is 2. The fourth-order valence-electron chi connectivity index (χ4n) is 1.24. The minimum Gasteiger partial charge on any atom is -0.507 e. The van der Waals surface area contributed by atoms with Crippen LogP contribution in [0.3, 0.4) is 0 Å². The van der Waals surface area contributed by atoms with Crippen LogP contribution in [0.2, 0.25) is 0 Å². The van der Waals surface area contributed by atoms with Gasteiger partial charge in [0.05, 0.1) is 6.61 Å². The van der Waals surface area contributed by atoms with Crippen molar-refractivity contribution in [1.82, 2.24) is 0 Å². The molecule has 0 aliphatic rings. The largest absolute Gasteiger partial charge is 0.507 e. The minimum absolute atomic E-state index is 0.0806. The van der Waals surface area contributed by atoms with E-state index in [9.17, 15) is 14.7 Å². The lowest BCUT2D eigenvalue weighted by Crippen LogP contribution is -2.27. The van der Waals surface area contributed by atoms with Crippen LogP contribution in [0.5, 0.6) is 0 Å². The van der Waals surface area contributed by atoms with Crippen LogP contribution in [0.25, 0.3) is 0 Å². The van der Waals surface area contributed by atoms with E-state index in [1.807, 2.05) is 0 Å². The Kier molecular flexibility index (Phi) is 6.50. The van der Waals surface area contributed by atoms with Gasteiger partial charge in [0.2, 0.25) is 0 Å². The summed E-state index contributed by atoms with van der Waals surface area (Å²) < 4.78 is 9.51. The van der Waals surface area contributed by atoms with Gasteiger partial charge in [-0.1, -0.05) is 13.8 Å². The second-order valence-corrected chi connectivity index (χ2v) is 3.87. The highest BCUT2D eigenvalue weighted by molar-refractivity contribution is 5.93. The van der Waals surface area contributed by atoms with Gasteiger partial charge in [0.15, 0.2) is 17.4 Å². The molecular weight excluding hydrogens is 238 g/mol. The maximum atomic E-state index is 11.4. The SMILES string of the molecule is CCOC(=O)/C(C#N)=C(/O)C(OC(C)=O)C(C)C. The molecular formula is C12H17NO5. The maximum absolute atomic E-state index is 11.4. The lowest BCUT2D eigenvalue weighted by Gasteiger charge is -2.20. The molecule has 6 nitrogen and oxygen atoms in total. The molecule has 18 heavy (non-hydrogen) atoms. The summed E-state index contributed by atoms with van der Waals surface area (Å²) in [6.07, 6.45) is -1.04. The molecule has 1 atom stereocenters. The third-order valence-corrected chi connectivity index (χ3v) is 2.02. The number of hydrogen-bond donors (Lipinski definition) is 1. The van der Waals surface area contributed by atoms with Gasteiger partial charge in [-0.2, -0.15) is 5.26 Å². The first-order valence-electron chi connectivity index (χ1n) is 5.52. The van der Waals surface area contributed by atoms with E-state index in [0.717, 1.165) is 0 Å². The fourth-order valence-corrected chi connectivity index (χ4v) is 1.24. The topological polar surface area (TPSA) is 96.6 Å². The number of aliphatic hydroxyl groups is 1. The molecule has 0 aromatic heterocycles. The van der Waals surface area contributed by atoms with E-state index < -0.39 is 29.4 Å². The molecule has 0 aromatic rings. The predicted octanol–water partition coefficient (Wildman–Crippen LogP) is 1.47. The number of rotatable bonds is 5. The summed E-state index contributed by atoms with van der Waals surface area (Å²) >= 11 is 0. The van der Waals surface area contributed by atoms with Crippen LogP contribution in [-0.4, -0.2) is 29.8 Å². The number of carbonyl (C=O) groups excluding carboxylic acids is 2. The summed E-state index contributed by atoms with van der Waals surface area (Å²) in [5.74, 6) is -2.41. The van der Waals surface area contributed by atoms with E-state index in [1.165, 1.54) is 6.92 Å². The number of aliphatic hydroxyl groups excluding tert-OH is 1. The van der Waals surface area contributed by atoms with E-state index >= 15 is 0 Å². The Balaban J connectivity index is 5.34. The van der Waals surface area contributed by atoms with Crippen LogP contribution in [0.1, 0.15) is 27.7 Å². The van der Waals surface area contributed by atoms with Crippen molar-refractivity contribution in [3.05, 3.63) is 11.3 Å². The summed E-state index contributed by atoms with van der Waals surface area (Å²) in [6, 6.07) is 1.56. The van der Waals surface area contributed by atoms with Crippen molar-refractivity contribution in [2.24, 2.45) is 5.92 Å². The van der Waals surface area contributed by atoms with Crippen LogP contribution in [0.4, 0.5) is 0 Å². The van der Waals surface area contributed by atoms with Crippen LogP contribution < -0.4 is 0 Å². The Labute approximate surface area is 106 Å². The molecule has 1 N–H and O–H groups in total. The maximum Gasteiger partial charge on any atom is 0.352 e. The summed E-state index contributed by atoms with van der Waals surface area (Å²) in [6.45, 7) is 6.21. The summed E-state index contributed by atoms with van der Waals surface area (Å²) in [5, 5.41) is 18.7. The molecule has 1 unspecified atom stereocenters. The number of ether oxygens (including phenoxy) is 2. The molecule has 0 saturated heterocycles. The highest BCUT2D eigenvalue weighted by Crippen LogP contribution is 2.18. The Morgan fingerprint density at radius 1 is 1.39 bits per heavy atom. The van der Waals surface area contributed by atoms with Crippen molar-refractivity contribution in [2.75, 3.05) is 6.61 Å². The van der Waals surface area contributed by atoms with Gasteiger partial charge in [-0.25, -0.2) is 4.79 Å². The Hall–Kier alpha value is -2.03. The van der Waals surface area contributed by atoms with E-state index in [4.69, 9.17) is 10.00 Å². The minimum atomic E-state index is -1.04. The van der Waals surface area contributed by atoms with E-state index in [2.05, 4.69) is 4.74 Å². The Morgan fingerprint density at radius 2 is 1.94 bits per heavy atom. The van der Waals surface area contributed by atoms with Crippen molar-refractivity contribution in [2.45, 2.75) is 33.8 Å². The van der Waals surface area contributed by atoms with Crippen molar-refractivity contribution in [1.29, 1.82) is 5.26 Å². The fraction of sp³-hybridized carbons (Fsp3) is 0.583. The lowest BCUT2D eigenvalue weighted by atomic mass is 10.0. The first-order valence-corrected chi connectivity index (χ1v) is 5.52. The normalized spacial score (nSPS) is 13.3. The summed E-state index contributed by atoms with van der Waals surface area (Å²) in [4.78, 5) is 22.3. The number of nitriles is 1. The molecule has 0 saturated carbocycles. The molecule has 6 heteroatoms. The zero-order chi connectivity index (χ0) is 14.3. The zero-order valence-corrected chi connectivity index (χ0v) is 10.9. The molecule has 0 rings (SSSR count). The molecule has 0 amide bonds. The molecule has 0 aliphatic carbocycles. The molecule has 0 spiro atoms. The van der Waals surface area contributed by atoms with Gasteiger partial charge in [0, 0.05) is 6.92 Å². The third-order valence-electron chi connectivity index (χ3n) is 2.02. The smallest absolute Gasteiger partial charge is 0.352 e. The highest BCUT2D eigenvalue weighted by atomic mass is 16.6. The number of nitrogens with zero attached hydrogens (tertiary/aromatic N) is 1. The van der Waals surface area contributed by atoms with Crippen LogP contribution in [-0.2, 0) is 19.1 Å². The van der Waals surface area contributed by atoms with Gasteiger partial charge >= 0.3 is 11.9 Å². The molecule has 0 heterocycles. The van der Waals surface area contributed by atoms with Gasteiger partial charge in [-0.3, -0.25) is 4.79 Å². The monoisotopic (exact) mass is 255 g/mol. The summed E-state index contributed by atoms with van der Waals surface area (Å²) in [7, 11) is 0. The molecule has 0 bridgehead atoms. The van der Waals surface area contributed by atoms with Gasteiger partial charge < -0.3 is 14.6 Å². The van der Waals surface area contributed by atoms with Crippen molar-refractivity contribution in [3.63, 3.8) is 0 Å². The predicted molar refractivity (Wildman–Crippen MR) is 62.3 cm³/mol. The van der Waals surface area contributed by atoms with Crippen molar-refractivity contribution in [3.8, 4) is 6.07 Å². The first-order chi connectivity index (χ1) is 8.34. The van der Waals surface area contributed by atoms with Crippen LogP contribution in [0, 0.1) is 17.2 Å². The molecule has 0 aliphatic heterocycles. The third kappa shape index (κ3) is 4.45. The molecule has 0 aromatic carbocycles. The van der Waals surface area contributed by atoms with E-state index in [0.29, 0.717) is 0 Å². The van der Waals surface area contributed by atoms with Gasteiger partial charge in [0.25, 0.3) is 0 Å². The van der Waals surface area contributed by atoms with Gasteiger partial charge in [-0.05, 0) is 12.8 Å². The standard InChI is InChI=1S/C12H17NO5/c1-5-17-12(16)9(6-13)10(15)11(7(2)3)18-8(4)14/h7,11,15H,5H2,1-4H3/b10-9+. The first kappa shape index (κ1) is 16.0.